The van der Waals surface area contributed by atoms with Crippen LogP contribution in [0.15, 0.2) is 4.99 Å². The fourth-order valence-electron chi connectivity index (χ4n) is 4.23. The Bertz CT molecular complexity index is 1200. The molecule has 0 spiro atoms. The number of guanidine groups is 1. The predicted molar refractivity (Wildman–Crippen MR) is 206 cm³/mol. The molecule has 312 valence electrons. The van der Waals surface area contributed by atoms with Gasteiger partial charge in [0.15, 0.2) is 0 Å². The molecule has 54 heavy (non-hydrogen) atoms. The van der Waals surface area contributed by atoms with Crippen molar-refractivity contribution in [2.24, 2.45) is 4.99 Å². The number of nitrogens with zero attached hydrogens (tertiary/aromatic N) is 2. The molecule has 0 rings (SSSR count). The molecule has 0 atom stereocenters. The first-order valence-electron chi connectivity index (χ1n) is 18.8. The predicted octanol–water partition coefficient (Wildman–Crippen LogP) is 5.51. The Morgan fingerprint density at radius 3 is 1.52 bits per heavy atom. The van der Waals surface area contributed by atoms with E-state index in [0.29, 0.717) is 64.8 Å². The minimum Gasteiger partial charge on any atom is -0.444 e. The Balaban J connectivity index is 4.47. The second-order valence-electron chi connectivity index (χ2n) is 16.7. The first-order chi connectivity index (χ1) is 24.7. The van der Waals surface area contributed by atoms with E-state index >= 15 is 0 Å². The summed E-state index contributed by atoms with van der Waals surface area (Å²) < 4.78 is 21.2. The summed E-state index contributed by atoms with van der Waals surface area (Å²) in [5, 5.41) is 13.0. The van der Waals surface area contributed by atoms with Gasteiger partial charge >= 0.3 is 24.4 Å². The molecule has 17 heteroatoms. The van der Waals surface area contributed by atoms with E-state index in [2.05, 4.69) is 31.6 Å². The maximum atomic E-state index is 12.7. The summed E-state index contributed by atoms with van der Waals surface area (Å²) in [7, 11) is 0. The van der Waals surface area contributed by atoms with Gasteiger partial charge in [0, 0.05) is 39.1 Å². The Hall–Kier alpha value is -4.31. The minimum absolute atomic E-state index is 0.0721. The van der Waals surface area contributed by atoms with E-state index in [4.69, 9.17) is 18.9 Å². The molecule has 0 heterocycles. The fourth-order valence-corrected chi connectivity index (χ4v) is 4.23. The van der Waals surface area contributed by atoms with Gasteiger partial charge in [-0.15, -0.1) is 0 Å². The Morgan fingerprint density at radius 1 is 0.500 bits per heavy atom. The van der Waals surface area contributed by atoms with Crippen molar-refractivity contribution in [3.05, 3.63) is 0 Å². The molecule has 0 fully saturated rings. The van der Waals surface area contributed by atoms with Gasteiger partial charge in [0.05, 0.1) is 6.54 Å². The number of carbonyl (C=O) groups is 6. The van der Waals surface area contributed by atoms with Crippen LogP contribution in [0.5, 0.6) is 0 Å². The van der Waals surface area contributed by atoms with Crippen LogP contribution in [0.4, 0.5) is 19.2 Å². The quantitative estimate of drug-likeness (QED) is 0.0510. The molecule has 0 aliphatic carbocycles. The molecular formula is C37H69N7O10. The van der Waals surface area contributed by atoms with Gasteiger partial charge in [-0.1, -0.05) is 12.8 Å². The number of carbonyl (C=O) groups excluding carboxylic acids is 6. The van der Waals surface area contributed by atoms with E-state index in [0.717, 1.165) is 12.8 Å². The molecule has 17 nitrogen and oxygen atoms in total. The van der Waals surface area contributed by atoms with Gasteiger partial charge in [-0.3, -0.25) is 25.2 Å². The van der Waals surface area contributed by atoms with Crippen molar-refractivity contribution in [2.45, 2.75) is 157 Å². The van der Waals surface area contributed by atoms with Gasteiger partial charge < -0.3 is 39.8 Å². The zero-order chi connectivity index (χ0) is 41.6. The van der Waals surface area contributed by atoms with Crippen LogP contribution in [0.1, 0.15) is 134 Å². The standard InChI is InChI=1S/C37H69N7O10/c1-34(2,3)51-30(47)40-23-19-25-44(33(50)54-37(10,11)12)24-18-15-20-27(45)41-26-28(46)38-21-16-13-14-17-22-39-29(42-31(48)52-35(4,5)6)43-32(49)53-36(7,8)9/h13-26H2,1-12H3,(H,38,46)(H,40,47)(H,41,45)(H2,39,42,43,48,49). The zero-order valence-electron chi connectivity index (χ0n) is 34.9. The number of nitrogens with one attached hydrogen (secondary N) is 5. The summed E-state index contributed by atoms with van der Waals surface area (Å²) in [6.45, 7) is 22.7. The van der Waals surface area contributed by atoms with Crippen molar-refractivity contribution in [1.82, 2.24) is 31.5 Å². The Kier molecular flexibility index (Phi) is 22.2. The average molecular weight is 772 g/mol. The highest BCUT2D eigenvalue weighted by Crippen LogP contribution is 2.12. The highest BCUT2D eigenvalue weighted by molar-refractivity contribution is 6.01. The number of unbranched alkanes of at least 4 members (excludes halogenated alkanes) is 4. The van der Waals surface area contributed by atoms with Crippen molar-refractivity contribution in [3.8, 4) is 0 Å². The lowest BCUT2D eigenvalue weighted by Gasteiger charge is -2.27. The number of rotatable bonds is 18. The van der Waals surface area contributed by atoms with Gasteiger partial charge in [0.25, 0.3) is 0 Å². The van der Waals surface area contributed by atoms with E-state index in [1.165, 1.54) is 0 Å². The Morgan fingerprint density at radius 2 is 0.981 bits per heavy atom. The zero-order valence-corrected chi connectivity index (χ0v) is 34.9. The summed E-state index contributed by atoms with van der Waals surface area (Å²) >= 11 is 0. The average Bonchev–Trinajstić information content (AvgIpc) is 2.96. The highest BCUT2D eigenvalue weighted by atomic mass is 16.6. The Labute approximate surface area is 322 Å². The summed E-state index contributed by atoms with van der Waals surface area (Å²) in [6, 6.07) is 0. The topological polar surface area (TPSA) is 215 Å². The number of amides is 6. The first kappa shape index (κ1) is 49.7. The lowest BCUT2D eigenvalue weighted by atomic mass is 10.2. The van der Waals surface area contributed by atoms with Gasteiger partial charge in [0.2, 0.25) is 17.8 Å². The third-order valence-corrected chi connectivity index (χ3v) is 6.37. The van der Waals surface area contributed by atoms with Crippen molar-refractivity contribution < 1.29 is 47.7 Å². The van der Waals surface area contributed by atoms with Crippen LogP contribution < -0.4 is 26.6 Å². The summed E-state index contributed by atoms with van der Waals surface area (Å²) in [6.07, 6.45) is 2.20. The maximum absolute atomic E-state index is 12.7. The van der Waals surface area contributed by atoms with Crippen molar-refractivity contribution in [2.75, 3.05) is 39.3 Å². The highest BCUT2D eigenvalue weighted by Gasteiger charge is 2.23. The molecule has 0 aliphatic heterocycles. The van der Waals surface area contributed by atoms with Crippen LogP contribution in [0.2, 0.25) is 0 Å². The molecular weight excluding hydrogens is 702 g/mol. The normalized spacial score (nSPS) is 11.7. The molecule has 0 saturated carbocycles. The molecule has 0 unspecified atom stereocenters. The van der Waals surface area contributed by atoms with Crippen molar-refractivity contribution in [1.29, 1.82) is 0 Å². The lowest BCUT2D eigenvalue weighted by molar-refractivity contribution is -0.126. The monoisotopic (exact) mass is 772 g/mol. The van der Waals surface area contributed by atoms with E-state index in [9.17, 15) is 28.8 Å². The summed E-state index contributed by atoms with van der Waals surface area (Å²) in [4.78, 5) is 79.4. The van der Waals surface area contributed by atoms with Gasteiger partial charge in [-0.2, -0.15) is 0 Å². The van der Waals surface area contributed by atoms with E-state index in [1.54, 1.807) is 88.0 Å². The molecule has 0 aromatic carbocycles. The van der Waals surface area contributed by atoms with Crippen LogP contribution >= 0.6 is 0 Å². The number of alkyl carbamates (subject to hydrolysis) is 3. The molecule has 5 N–H and O–H groups in total. The molecule has 0 aromatic heterocycles. The van der Waals surface area contributed by atoms with Crippen LogP contribution in [0.3, 0.4) is 0 Å². The van der Waals surface area contributed by atoms with E-state index in [-0.39, 0.29) is 30.7 Å². The van der Waals surface area contributed by atoms with Gasteiger partial charge in [0.1, 0.15) is 22.4 Å². The van der Waals surface area contributed by atoms with Crippen LogP contribution in [-0.2, 0) is 28.5 Å². The number of aliphatic imine (C=N–C) groups is 1. The van der Waals surface area contributed by atoms with E-state index in [1.807, 2.05) is 0 Å². The third kappa shape index (κ3) is 31.2. The van der Waals surface area contributed by atoms with Gasteiger partial charge in [-0.25, -0.2) is 19.2 Å². The van der Waals surface area contributed by atoms with Crippen molar-refractivity contribution >= 4 is 42.1 Å². The first-order valence-corrected chi connectivity index (χ1v) is 18.8. The van der Waals surface area contributed by atoms with E-state index < -0.39 is 46.8 Å². The number of hydrogen-bond acceptors (Lipinski definition) is 11. The van der Waals surface area contributed by atoms with Crippen LogP contribution in [-0.4, -0.2) is 109 Å². The maximum Gasteiger partial charge on any atom is 0.414 e. The number of hydrogen-bond donors (Lipinski definition) is 5. The SMILES string of the molecule is CC(C)(C)OC(=O)NCCCN(CCCCC(=O)NCC(=O)NCCCCCCN=C(NC(=O)OC(C)(C)C)NC(=O)OC(C)(C)C)C(=O)OC(C)(C)C. The molecule has 0 aliphatic rings. The second-order valence-corrected chi connectivity index (χ2v) is 16.7. The fraction of sp³-hybridized carbons (Fsp3) is 0.811. The lowest BCUT2D eigenvalue weighted by Crippen LogP contribution is -2.47. The van der Waals surface area contributed by atoms with Crippen LogP contribution in [0.25, 0.3) is 0 Å². The largest absolute Gasteiger partial charge is 0.444 e. The summed E-state index contributed by atoms with van der Waals surface area (Å²) in [5.74, 6) is -0.634. The van der Waals surface area contributed by atoms with Gasteiger partial charge in [-0.05, 0) is 115 Å². The van der Waals surface area contributed by atoms with Crippen molar-refractivity contribution in [3.63, 3.8) is 0 Å². The molecule has 0 radical (unpaired) electrons. The summed E-state index contributed by atoms with van der Waals surface area (Å²) in [5.41, 5.74) is -2.74. The third-order valence-electron chi connectivity index (χ3n) is 6.37. The number of ether oxygens (including phenoxy) is 4. The molecule has 0 aromatic rings. The second kappa shape index (κ2) is 24.2. The van der Waals surface area contributed by atoms with Crippen LogP contribution in [0, 0.1) is 0 Å². The molecule has 6 amide bonds. The minimum atomic E-state index is -0.759. The smallest absolute Gasteiger partial charge is 0.414 e. The molecule has 0 saturated heterocycles. The molecule has 0 bridgehead atoms.